The molecule has 35 heavy (non-hydrogen) atoms. The average molecular weight is 492 g/mol. The van der Waals surface area contributed by atoms with Crippen molar-refractivity contribution in [3.63, 3.8) is 0 Å². The molecule has 0 radical (unpaired) electrons. The van der Waals surface area contributed by atoms with Gasteiger partial charge in [0.25, 0.3) is 0 Å². The van der Waals surface area contributed by atoms with Crippen LogP contribution < -0.4 is 10.6 Å². The Bertz CT molecular complexity index is 1360. The van der Waals surface area contributed by atoms with Crippen LogP contribution in [0.3, 0.4) is 0 Å². The highest BCUT2D eigenvalue weighted by Gasteiger charge is 2.11. The van der Waals surface area contributed by atoms with E-state index in [0.717, 1.165) is 45.2 Å². The van der Waals surface area contributed by atoms with E-state index in [2.05, 4.69) is 38.7 Å². The van der Waals surface area contributed by atoms with E-state index in [9.17, 15) is 0 Å². The highest BCUT2D eigenvalue weighted by atomic mass is 35.5. The number of methoxy groups -OCH3 is 1. The summed E-state index contributed by atoms with van der Waals surface area (Å²) in [5.74, 6) is 1.64. The quantitative estimate of drug-likeness (QED) is 0.299. The first-order valence-corrected chi connectivity index (χ1v) is 11.7. The molecule has 0 atom stereocenters. The fraction of sp³-hybridized carbons (Fsp3) is 0.269. The van der Waals surface area contributed by atoms with Gasteiger partial charge in [-0.15, -0.1) is 0 Å². The van der Waals surface area contributed by atoms with E-state index in [1.165, 1.54) is 0 Å². The van der Waals surface area contributed by atoms with E-state index in [1.54, 1.807) is 11.8 Å². The van der Waals surface area contributed by atoms with Crippen LogP contribution in [0.1, 0.15) is 23.9 Å². The first-order chi connectivity index (χ1) is 16.9. The van der Waals surface area contributed by atoms with E-state index in [-0.39, 0.29) is 0 Å². The maximum absolute atomic E-state index is 6.63. The first-order valence-electron chi connectivity index (χ1n) is 11.3. The Kier molecular flexibility index (Phi) is 7.53. The summed E-state index contributed by atoms with van der Waals surface area (Å²) in [6, 6.07) is 7.90. The van der Waals surface area contributed by atoms with Gasteiger partial charge in [-0.1, -0.05) is 17.7 Å². The number of aryl methyl sites for hydroxylation is 2. The molecular weight excluding hydrogens is 462 g/mol. The minimum absolute atomic E-state index is 0.594. The third-order valence-corrected chi connectivity index (χ3v) is 6.15. The van der Waals surface area contributed by atoms with Crippen molar-refractivity contribution in [1.29, 1.82) is 0 Å². The van der Waals surface area contributed by atoms with Crippen LogP contribution in [0.5, 0.6) is 0 Å². The lowest BCUT2D eigenvalue weighted by Gasteiger charge is -2.14. The number of ether oxygens (including phenoxy) is 1. The second-order valence-corrected chi connectivity index (χ2v) is 8.78. The molecule has 9 heteroatoms. The molecule has 2 N–H and O–H groups in total. The predicted octanol–water partition coefficient (Wildman–Crippen LogP) is 5.54. The van der Waals surface area contributed by atoms with E-state index in [1.807, 2.05) is 74.6 Å². The van der Waals surface area contributed by atoms with Crippen LogP contribution in [0.25, 0.3) is 22.9 Å². The molecule has 0 unspecified atom stereocenters. The Labute approximate surface area is 210 Å². The molecule has 0 aliphatic heterocycles. The van der Waals surface area contributed by atoms with Gasteiger partial charge in [0.05, 0.1) is 35.4 Å². The summed E-state index contributed by atoms with van der Waals surface area (Å²) >= 11 is 6.63. The molecule has 0 aliphatic carbocycles. The normalized spacial score (nSPS) is 11.7. The van der Waals surface area contributed by atoms with Crippen LogP contribution in [0.15, 0.2) is 49.1 Å². The van der Waals surface area contributed by atoms with Crippen molar-refractivity contribution in [2.24, 2.45) is 14.1 Å². The molecule has 4 aromatic rings. The SMILES string of the molecule is COCCNc1cc(Nc2ccc(-c3cnc(C)n3C)cc2Cl)ncc1C=C(C)c1cnn(C)c1. The van der Waals surface area contributed by atoms with Crippen molar-refractivity contribution in [3.8, 4) is 11.3 Å². The third-order valence-electron chi connectivity index (χ3n) is 5.84. The van der Waals surface area contributed by atoms with Gasteiger partial charge < -0.3 is 19.9 Å². The summed E-state index contributed by atoms with van der Waals surface area (Å²) in [7, 11) is 5.59. The number of aromatic nitrogens is 5. The van der Waals surface area contributed by atoms with Gasteiger partial charge in [-0.05, 0) is 37.6 Å². The number of rotatable bonds is 9. The number of pyridine rings is 1. The molecule has 3 aromatic heterocycles. The van der Waals surface area contributed by atoms with Crippen LogP contribution >= 0.6 is 11.6 Å². The molecule has 0 saturated heterocycles. The monoisotopic (exact) mass is 491 g/mol. The largest absolute Gasteiger partial charge is 0.383 e. The number of nitrogens with zero attached hydrogens (tertiary/aromatic N) is 5. The van der Waals surface area contributed by atoms with Crippen LogP contribution in [-0.2, 0) is 18.8 Å². The molecule has 3 heterocycles. The average Bonchev–Trinajstić information content (AvgIpc) is 3.42. The summed E-state index contributed by atoms with van der Waals surface area (Å²) in [5.41, 5.74) is 6.87. The molecular formula is C26H30ClN7O. The number of benzene rings is 1. The molecule has 0 spiro atoms. The number of halogens is 1. The highest BCUT2D eigenvalue weighted by molar-refractivity contribution is 6.33. The first kappa shape index (κ1) is 24.5. The summed E-state index contributed by atoms with van der Waals surface area (Å²) in [6.07, 6.45) is 9.64. The van der Waals surface area contributed by atoms with Crippen molar-refractivity contribution >= 4 is 40.4 Å². The van der Waals surface area contributed by atoms with Gasteiger partial charge in [0.15, 0.2) is 0 Å². The molecule has 0 bridgehead atoms. The molecule has 0 amide bonds. The molecule has 1 aromatic carbocycles. The topological polar surface area (TPSA) is 81.8 Å². The van der Waals surface area contributed by atoms with E-state index >= 15 is 0 Å². The van der Waals surface area contributed by atoms with E-state index < -0.39 is 0 Å². The standard InChI is InChI=1S/C26H30ClN7O/c1-17(21-14-31-33(3)16-21)10-20-13-30-26(12-24(20)28-8-9-35-5)32-23-7-6-19(11-22(23)27)25-15-29-18(2)34(25)4/h6-7,10-16H,8-9H2,1-5H3,(H2,28,30,32). The van der Waals surface area contributed by atoms with Gasteiger partial charge in [0, 0.05) is 68.6 Å². The van der Waals surface area contributed by atoms with Crippen molar-refractivity contribution in [1.82, 2.24) is 24.3 Å². The zero-order chi connectivity index (χ0) is 24.9. The Hall–Kier alpha value is -3.62. The minimum Gasteiger partial charge on any atom is -0.383 e. The number of imidazole rings is 1. The summed E-state index contributed by atoms with van der Waals surface area (Å²) < 4.78 is 9.04. The number of allylic oxidation sites excluding steroid dienone is 1. The van der Waals surface area contributed by atoms with Gasteiger partial charge in [-0.25, -0.2) is 9.97 Å². The lowest BCUT2D eigenvalue weighted by Crippen LogP contribution is -2.09. The van der Waals surface area contributed by atoms with Crippen LogP contribution in [0.2, 0.25) is 5.02 Å². The van der Waals surface area contributed by atoms with Crippen molar-refractivity contribution in [2.75, 3.05) is 30.9 Å². The zero-order valence-electron chi connectivity index (χ0n) is 20.6. The Morgan fingerprint density at radius 3 is 2.60 bits per heavy atom. The molecule has 8 nitrogen and oxygen atoms in total. The van der Waals surface area contributed by atoms with Gasteiger partial charge in [0.1, 0.15) is 11.6 Å². The van der Waals surface area contributed by atoms with E-state index in [0.29, 0.717) is 24.0 Å². The number of hydrogen-bond acceptors (Lipinski definition) is 6. The maximum Gasteiger partial charge on any atom is 0.132 e. The molecule has 0 saturated carbocycles. The third kappa shape index (κ3) is 5.72. The molecule has 0 fully saturated rings. The van der Waals surface area contributed by atoms with Gasteiger partial charge in [-0.2, -0.15) is 5.10 Å². The Morgan fingerprint density at radius 2 is 1.94 bits per heavy atom. The van der Waals surface area contributed by atoms with Crippen molar-refractivity contribution < 1.29 is 4.74 Å². The fourth-order valence-electron chi connectivity index (χ4n) is 3.72. The second-order valence-electron chi connectivity index (χ2n) is 8.38. The number of anilines is 3. The summed E-state index contributed by atoms with van der Waals surface area (Å²) in [5, 5.41) is 11.7. The van der Waals surface area contributed by atoms with Gasteiger partial charge >= 0.3 is 0 Å². The smallest absolute Gasteiger partial charge is 0.132 e. The van der Waals surface area contributed by atoms with Gasteiger partial charge in [0.2, 0.25) is 0 Å². The Morgan fingerprint density at radius 1 is 1.11 bits per heavy atom. The maximum atomic E-state index is 6.63. The minimum atomic E-state index is 0.594. The predicted molar refractivity (Wildman–Crippen MR) is 143 cm³/mol. The van der Waals surface area contributed by atoms with Gasteiger partial charge in [-0.3, -0.25) is 4.68 Å². The molecule has 182 valence electrons. The van der Waals surface area contributed by atoms with Crippen molar-refractivity contribution in [3.05, 3.63) is 71.0 Å². The lowest BCUT2D eigenvalue weighted by molar-refractivity contribution is 0.211. The van der Waals surface area contributed by atoms with Crippen molar-refractivity contribution in [2.45, 2.75) is 13.8 Å². The summed E-state index contributed by atoms with van der Waals surface area (Å²) in [6.45, 7) is 5.30. The lowest BCUT2D eigenvalue weighted by atomic mass is 10.1. The number of hydrogen-bond donors (Lipinski definition) is 2. The van der Waals surface area contributed by atoms with E-state index in [4.69, 9.17) is 16.3 Å². The van der Waals surface area contributed by atoms with Crippen LogP contribution in [0.4, 0.5) is 17.2 Å². The summed E-state index contributed by atoms with van der Waals surface area (Å²) in [4.78, 5) is 9.00. The molecule has 0 aliphatic rings. The molecule has 4 rings (SSSR count). The number of nitrogens with one attached hydrogen (secondary N) is 2. The van der Waals surface area contributed by atoms with Crippen LogP contribution in [0, 0.1) is 6.92 Å². The fourth-order valence-corrected chi connectivity index (χ4v) is 3.94. The Balaban J connectivity index is 1.60. The zero-order valence-corrected chi connectivity index (χ0v) is 21.4. The second kappa shape index (κ2) is 10.8. The highest BCUT2D eigenvalue weighted by Crippen LogP contribution is 2.32. The van der Waals surface area contributed by atoms with Crippen LogP contribution in [-0.4, -0.2) is 44.6 Å².